The van der Waals surface area contributed by atoms with Crippen LogP contribution in [0.3, 0.4) is 0 Å². The molecular formula is C11H18N4O. The van der Waals surface area contributed by atoms with E-state index in [1.807, 2.05) is 14.0 Å². The Hall–Kier alpha value is -1.36. The summed E-state index contributed by atoms with van der Waals surface area (Å²) in [6.07, 6.45) is 3.96. The van der Waals surface area contributed by atoms with Crippen LogP contribution in [0.15, 0.2) is 6.20 Å². The first-order chi connectivity index (χ1) is 7.68. The van der Waals surface area contributed by atoms with E-state index in [1.165, 1.54) is 6.42 Å². The van der Waals surface area contributed by atoms with Gasteiger partial charge in [-0.1, -0.05) is 0 Å². The Morgan fingerprint density at radius 2 is 2.56 bits per heavy atom. The van der Waals surface area contributed by atoms with Gasteiger partial charge in [-0.25, -0.2) is 0 Å². The summed E-state index contributed by atoms with van der Waals surface area (Å²) >= 11 is 0. The SMILES string of the molecule is Cc1c(C(=O)NCC2CCCN2)cnn1C. The van der Waals surface area contributed by atoms with E-state index >= 15 is 0 Å². The van der Waals surface area contributed by atoms with Crippen molar-refractivity contribution in [2.45, 2.75) is 25.8 Å². The molecular weight excluding hydrogens is 204 g/mol. The molecule has 1 aliphatic heterocycles. The summed E-state index contributed by atoms with van der Waals surface area (Å²) in [4.78, 5) is 11.8. The van der Waals surface area contributed by atoms with E-state index < -0.39 is 0 Å². The number of amides is 1. The summed E-state index contributed by atoms with van der Waals surface area (Å²) < 4.78 is 1.71. The number of nitrogens with one attached hydrogen (secondary N) is 2. The molecule has 88 valence electrons. The molecule has 0 aromatic carbocycles. The summed E-state index contributed by atoms with van der Waals surface area (Å²) in [5, 5.41) is 10.3. The third-order valence-corrected chi connectivity index (χ3v) is 3.15. The van der Waals surface area contributed by atoms with Crippen LogP contribution >= 0.6 is 0 Å². The number of hydrogen-bond donors (Lipinski definition) is 2. The predicted octanol–water partition coefficient (Wildman–Crippen LogP) is 0.210. The molecule has 1 aromatic heterocycles. The number of aryl methyl sites for hydroxylation is 1. The molecule has 2 rings (SSSR count). The van der Waals surface area contributed by atoms with Gasteiger partial charge in [-0.3, -0.25) is 9.48 Å². The fourth-order valence-electron chi connectivity index (χ4n) is 1.96. The number of rotatable bonds is 3. The first-order valence-electron chi connectivity index (χ1n) is 5.68. The van der Waals surface area contributed by atoms with Crippen molar-refractivity contribution in [3.63, 3.8) is 0 Å². The van der Waals surface area contributed by atoms with Gasteiger partial charge >= 0.3 is 0 Å². The normalized spacial score (nSPS) is 20.0. The van der Waals surface area contributed by atoms with Gasteiger partial charge in [0.15, 0.2) is 0 Å². The lowest BCUT2D eigenvalue weighted by Crippen LogP contribution is -2.37. The molecule has 1 amide bonds. The average Bonchev–Trinajstić information content (AvgIpc) is 2.88. The maximum absolute atomic E-state index is 11.8. The second-order valence-corrected chi connectivity index (χ2v) is 4.27. The monoisotopic (exact) mass is 222 g/mol. The smallest absolute Gasteiger partial charge is 0.254 e. The molecule has 0 aliphatic carbocycles. The topological polar surface area (TPSA) is 59.0 Å². The summed E-state index contributed by atoms with van der Waals surface area (Å²) in [6, 6.07) is 0.431. The zero-order chi connectivity index (χ0) is 11.5. The lowest BCUT2D eigenvalue weighted by molar-refractivity contribution is 0.0949. The van der Waals surface area contributed by atoms with Gasteiger partial charge in [0.05, 0.1) is 11.8 Å². The van der Waals surface area contributed by atoms with Gasteiger partial charge in [0.1, 0.15) is 0 Å². The van der Waals surface area contributed by atoms with Crippen molar-refractivity contribution in [2.24, 2.45) is 7.05 Å². The van der Waals surface area contributed by atoms with Crippen molar-refractivity contribution < 1.29 is 4.79 Å². The summed E-state index contributed by atoms with van der Waals surface area (Å²) in [5.41, 5.74) is 1.57. The second-order valence-electron chi connectivity index (χ2n) is 4.27. The van der Waals surface area contributed by atoms with E-state index in [9.17, 15) is 4.79 Å². The van der Waals surface area contributed by atoms with Crippen LogP contribution in [0.4, 0.5) is 0 Å². The molecule has 2 N–H and O–H groups in total. The van der Waals surface area contributed by atoms with Crippen LogP contribution in [0.5, 0.6) is 0 Å². The fraction of sp³-hybridized carbons (Fsp3) is 0.636. The average molecular weight is 222 g/mol. The van der Waals surface area contributed by atoms with Crippen molar-refractivity contribution in [1.29, 1.82) is 0 Å². The highest BCUT2D eigenvalue weighted by Crippen LogP contribution is 2.06. The van der Waals surface area contributed by atoms with Gasteiger partial charge in [0.2, 0.25) is 0 Å². The van der Waals surface area contributed by atoms with Gasteiger partial charge in [-0.2, -0.15) is 5.10 Å². The Labute approximate surface area is 95.2 Å². The molecule has 16 heavy (non-hydrogen) atoms. The first-order valence-corrected chi connectivity index (χ1v) is 5.68. The van der Waals surface area contributed by atoms with Crippen molar-refractivity contribution in [3.05, 3.63) is 17.5 Å². The lowest BCUT2D eigenvalue weighted by atomic mass is 10.2. The minimum atomic E-state index is -0.0284. The highest BCUT2D eigenvalue weighted by atomic mass is 16.1. The van der Waals surface area contributed by atoms with Crippen molar-refractivity contribution >= 4 is 5.91 Å². The highest BCUT2D eigenvalue weighted by molar-refractivity contribution is 5.95. The number of carbonyl (C=O) groups is 1. The second kappa shape index (κ2) is 4.65. The van der Waals surface area contributed by atoms with Gasteiger partial charge in [0, 0.05) is 25.3 Å². The van der Waals surface area contributed by atoms with E-state index in [2.05, 4.69) is 15.7 Å². The van der Waals surface area contributed by atoms with Gasteiger partial charge in [-0.15, -0.1) is 0 Å². The maximum atomic E-state index is 11.8. The van der Waals surface area contributed by atoms with Crippen LogP contribution in [-0.4, -0.2) is 34.8 Å². The molecule has 1 atom stereocenters. The van der Waals surface area contributed by atoms with Crippen molar-refractivity contribution in [3.8, 4) is 0 Å². The van der Waals surface area contributed by atoms with E-state index in [0.29, 0.717) is 18.2 Å². The summed E-state index contributed by atoms with van der Waals surface area (Å²) in [5.74, 6) is -0.0284. The predicted molar refractivity (Wildman–Crippen MR) is 61.3 cm³/mol. The Morgan fingerprint density at radius 1 is 1.75 bits per heavy atom. The molecule has 0 bridgehead atoms. The molecule has 1 aliphatic rings. The van der Waals surface area contributed by atoms with Crippen molar-refractivity contribution in [2.75, 3.05) is 13.1 Å². The first kappa shape index (κ1) is 11.1. The zero-order valence-corrected chi connectivity index (χ0v) is 9.79. The van der Waals surface area contributed by atoms with E-state index in [4.69, 9.17) is 0 Å². The van der Waals surface area contributed by atoms with Crippen molar-refractivity contribution in [1.82, 2.24) is 20.4 Å². The maximum Gasteiger partial charge on any atom is 0.254 e. The van der Waals surface area contributed by atoms with Crippen LogP contribution < -0.4 is 10.6 Å². The zero-order valence-electron chi connectivity index (χ0n) is 9.79. The Kier molecular flexibility index (Phi) is 3.24. The molecule has 1 fully saturated rings. The molecule has 0 spiro atoms. The highest BCUT2D eigenvalue weighted by Gasteiger charge is 2.17. The molecule has 5 nitrogen and oxygen atoms in total. The van der Waals surface area contributed by atoms with Crippen LogP contribution in [0, 0.1) is 6.92 Å². The fourth-order valence-corrected chi connectivity index (χ4v) is 1.96. The lowest BCUT2D eigenvalue weighted by Gasteiger charge is -2.11. The number of nitrogens with zero attached hydrogens (tertiary/aromatic N) is 2. The van der Waals surface area contributed by atoms with Crippen LogP contribution in [0.2, 0.25) is 0 Å². The van der Waals surface area contributed by atoms with E-state index in [0.717, 1.165) is 18.7 Å². The van der Waals surface area contributed by atoms with E-state index in [1.54, 1.807) is 10.9 Å². The van der Waals surface area contributed by atoms with Crippen LogP contribution in [0.25, 0.3) is 0 Å². The third-order valence-electron chi connectivity index (χ3n) is 3.15. The van der Waals surface area contributed by atoms with Crippen LogP contribution in [0.1, 0.15) is 28.9 Å². The van der Waals surface area contributed by atoms with E-state index in [-0.39, 0.29) is 5.91 Å². The van der Waals surface area contributed by atoms with Gasteiger partial charge < -0.3 is 10.6 Å². The minimum absolute atomic E-state index is 0.0284. The standard InChI is InChI=1S/C11H18N4O/c1-8-10(7-14-15(8)2)11(16)13-6-9-4-3-5-12-9/h7,9,12H,3-6H2,1-2H3,(H,13,16). The Morgan fingerprint density at radius 3 is 3.12 bits per heavy atom. The minimum Gasteiger partial charge on any atom is -0.350 e. The van der Waals surface area contributed by atoms with Crippen LogP contribution in [-0.2, 0) is 7.05 Å². The quantitative estimate of drug-likeness (QED) is 0.768. The molecule has 1 aromatic rings. The summed E-state index contributed by atoms with van der Waals surface area (Å²) in [6.45, 7) is 3.66. The molecule has 0 radical (unpaired) electrons. The molecule has 1 unspecified atom stereocenters. The largest absolute Gasteiger partial charge is 0.350 e. The molecule has 5 heteroatoms. The molecule has 0 saturated carbocycles. The number of hydrogen-bond acceptors (Lipinski definition) is 3. The summed E-state index contributed by atoms with van der Waals surface area (Å²) in [7, 11) is 1.84. The molecule has 2 heterocycles. The number of aromatic nitrogens is 2. The third kappa shape index (κ3) is 2.24. The Balaban J connectivity index is 1.90. The van der Waals surface area contributed by atoms with Gasteiger partial charge in [-0.05, 0) is 26.3 Å². The molecule has 1 saturated heterocycles. The number of carbonyl (C=O) groups excluding carboxylic acids is 1. The van der Waals surface area contributed by atoms with Gasteiger partial charge in [0.25, 0.3) is 5.91 Å². The Bertz CT molecular complexity index is 379.